The maximum Gasteiger partial charge on any atom is 0.220 e. The largest absolute Gasteiger partial charge is 0.220 e. The van der Waals surface area contributed by atoms with Crippen molar-refractivity contribution >= 4 is 10.8 Å². The highest BCUT2D eigenvalue weighted by molar-refractivity contribution is 5.96. The molecule has 0 atom stereocenters. The number of aromatic nitrogens is 1. The molecule has 7 rings (SSSR count). The zero-order chi connectivity index (χ0) is 22.0. The van der Waals surface area contributed by atoms with Crippen LogP contribution in [0.2, 0.25) is 0 Å². The third-order valence-corrected chi connectivity index (χ3v) is 7.83. The molecule has 0 N–H and O–H groups in total. The van der Waals surface area contributed by atoms with Gasteiger partial charge in [-0.25, -0.2) is 0 Å². The summed E-state index contributed by atoms with van der Waals surface area (Å²) >= 11 is 0. The third-order valence-electron chi connectivity index (χ3n) is 7.83. The molecule has 1 fully saturated rings. The first-order valence-corrected chi connectivity index (χ1v) is 11.7. The minimum atomic E-state index is 0.624. The van der Waals surface area contributed by atoms with Crippen LogP contribution >= 0.6 is 0 Å². The average molecular weight is 406 g/mol. The quantitative estimate of drug-likeness (QED) is 0.307. The van der Waals surface area contributed by atoms with Gasteiger partial charge in [0.05, 0.1) is 12.3 Å². The zero-order valence-corrected chi connectivity index (χ0v) is 18.7. The van der Waals surface area contributed by atoms with Crippen LogP contribution in [0.5, 0.6) is 0 Å². The summed E-state index contributed by atoms with van der Waals surface area (Å²) in [6, 6.07) is 22.8. The molecular formula is C30H30N+. The van der Waals surface area contributed by atoms with E-state index in [2.05, 4.69) is 80.1 Å². The van der Waals surface area contributed by atoms with Crippen LogP contribution in [0.3, 0.4) is 0 Å². The molecule has 0 saturated heterocycles. The molecule has 154 valence electrons. The molecule has 1 heterocycles. The fraction of sp³-hybridized carbons (Fsp3) is 0.300. The number of aryl methyl sites for hydroxylation is 1. The van der Waals surface area contributed by atoms with Crippen LogP contribution < -0.4 is 4.57 Å². The molecule has 1 nitrogen and oxygen atoms in total. The summed E-state index contributed by atoms with van der Waals surface area (Å²) in [5, 5.41) is 2.21. The smallest absolute Gasteiger partial charge is 0.198 e. The summed E-state index contributed by atoms with van der Waals surface area (Å²) in [5.74, 6) is 1.49. The number of hydrogen-bond acceptors (Lipinski definition) is 0. The molecule has 31 heavy (non-hydrogen) atoms. The van der Waals surface area contributed by atoms with Crippen molar-refractivity contribution < 1.29 is 5.94 Å². The van der Waals surface area contributed by atoms with Gasteiger partial charge < -0.3 is 0 Å². The van der Waals surface area contributed by atoms with E-state index >= 15 is 0 Å². The van der Waals surface area contributed by atoms with Crippen molar-refractivity contribution in [2.24, 2.45) is 7.05 Å². The molecule has 0 aliphatic heterocycles. The molecule has 1 heteroatoms. The van der Waals surface area contributed by atoms with Gasteiger partial charge in [-0.2, -0.15) is 4.57 Å². The van der Waals surface area contributed by atoms with Crippen molar-refractivity contribution in [3.8, 4) is 22.4 Å². The molecule has 1 aromatic heterocycles. The number of rotatable bonds is 2. The Labute approximate surface area is 186 Å². The lowest BCUT2D eigenvalue weighted by Gasteiger charge is -2.38. The number of fused-ring (bicyclic) bond motifs is 3. The zero-order valence-electron chi connectivity index (χ0n) is 19.7. The van der Waals surface area contributed by atoms with Crippen LogP contribution in [-0.2, 0) is 7.05 Å². The third kappa shape index (κ3) is 2.94. The summed E-state index contributed by atoms with van der Waals surface area (Å²) < 4.78 is 11.1. The van der Waals surface area contributed by atoms with Crippen LogP contribution in [0.1, 0.15) is 61.3 Å². The summed E-state index contributed by atoms with van der Waals surface area (Å²) in [6.07, 6.45) is 5.42. The van der Waals surface area contributed by atoms with Gasteiger partial charge in [0.25, 0.3) is 0 Å². The molecule has 0 unspecified atom stereocenters. The van der Waals surface area contributed by atoms with Crippen molar-refractivity contribution in [2.75, 3.05) is 0 Å². The van der Waals surface area contributed by atoms with Crippen LogP contribution in [0.4, 0.5) is 0 Å². The Bertz CT molecular complexity index is 1360. The van der Waals surface area contributed by atoms with Crippen LogP contribution in [0, 0.1) is 13.8 Å². The number of benzene rings is 3. The molecule has 3 aliphatic rings. The predicted molar refractivity (Wildman–Crippen MR) is 129 cm³/mol. The first kappa shape index (κ1) is 17.7. The van der Waals surface area contributed by atoms with E-state index in [9.17, 15) is 0 Å². The Morgan fingerprint density at radius 3 is 2.19 bits per heavy atom. The standard InChI is InChI=1S/C30H30N/c1-19-15-28-22-9-11-23(12-10-22)29(28)18-27(19)30-26-14-13-24(21-7-5-4-6-8-21)17-25(26)16-20(2)31(30)3/h4-8,13-18,22-23H,9-12H2,1-3H3/q+1/i16D. The first-order chi connectivity index (χ1) is 15.5. The summed E-state index contributed by atoms with van der Waals surface area (Å²) in [4.78, 5) is 0. The minimum absolute atomic E-state index is 0.624. The van der Waals surface area contributed by atoms with Crippen molar-refractivity contribution in [3.05, 3.63) is 89.1 Å². The summed E-state index contributed by atoms with van der Waals surface area (Å²) in [5.41, 5.74) is 10.5. The highest BCUT2D eigenvalue weighted by Crippen LogP contribution is 2.50. The van der Waals surface area contributed by atoms with Gasteiger partial charge in [0.1, 0.15) is 7.05 Å². The van der Waals surface area contributed by atoms with Gasteiger partial charge in [0, 0.05) is 13.0 Å². The van der Waals surface area contributed by atoms with Crippen LogP contribution in [-0.4, -0.2) is 0 Å². The van der Waals surface area contributed by atoms with Gasteiger partial charge >= 0.3 is 0 Å². The van der Waals surface area contributed by atoms with E-state index in [0.29, 0.717) is 6.04 Å². The molecule has 0 radical (unpaired) electrons. The lowest BCUT2D eigenvalue weighted by molar-refractivity contribution is -0.665. The van der Waals surface area contributed by atoms with E-state index in [1.807, 2.05) is 6.07 Å². The molecule has 4 aromatic rings. The molecule has 3 aromatic carbocycles. The van der Waals surface area contributed by atoms with E-state index in [-0.39, 0.29) is 0 Å². The van der Waals surface area contributed by atoms with Crippen molar-refractivity contribution in [3.63, 3.8) is 0 Å². The van der Waals surface area contributed by atoms with Gasteiger partial charge in [-0.3, -0.25) is 0 Å². The summed E-state index contributed by atoms with van der Waals surface area (Å²) in [6.45, 7) is 4.35. The Hall–Kier alpha value is -2.93. The summed E-state index contributed by atoms with van der Waals surface area (Å²) in [7, 11) is 2.12. The molecule has 0 amide bonds. The second-order valence-electron chi connectivity index (χ2n) is 9.59. The second kappa shape index (κ2) is 7.05. The molecule has 3 aliphatic carbocycles. The van der Waals surface area contributed by atoms with Gasteiger partial charge in [0.15, 0.2) is 5.69 Å². The fourth-order valence-corrected chi connectivity index (χ4v) is 6.04. The Balaban J connectivity index is 1.61. The SMILES string of the molecule is [2H]c1c(C)[n+](C)c(-c2cc3c(cc2C)C2CCC3CC2)c2ccc(-c3ccccc3)cc12. The highest BCUT2D eigenvalue weighted by Gasteiger charge is 2.34. The normalized spacial score (nSPS) is 20.0. The van der Waals surface area contributed by atoms with Gasteiger partial charge in [-0.15, -0.1) is 0 Å². The lowest BCUT2D eigenvalue weighted by atomic mass is 9.66. The maximum absolute atomic E-state index is 8.90. The molecule has 2 bridgehead atoms. The second-order valence-corrected chi connectivity index (χ2v) is 9.59. The Morgan fingerprint density at radius 2 is 1.48 bits per heavy atom. The van der Waals surface area contributed by atoms with E-state index in [1.165, 1.54) is 59.0 Å². The Kier molecular flexibility index (Phi) is 4.03. The maximum atomic E-state index is 8.90. The van der Waals surface area contributed by atoms with Gasteiger partial charge in [0.2, 0.25) is 5.69 Å². The monoisotopic (exact) mass is 405 g/mol. The first-order valence-electron chi connectivity index (χ1n) is 12.2. The topological polar surface area (TPSA) is 3.88 Å². The van der Waals surface area contributed by atoms with Crippen LogP contribution in [0.25, 0.3) is 33.2 Å². The Morgan fingerprint density at radius 1 is 0.806 bits per heavy atom. The number of pyridine rings is 1. The number of nitrogens with zero attached hydrogens (tertiary/aromatic N) is 1. The number of hydrogen-bond donors (Lipinski definition) is 0. The van der Waals surface area contributed by atoms with E-state index in [4.69, 9.17) is 1.37 Å². The lowest BCUT2D eigenvalue weighted by Crippen LogP contribution is -2.35. The van der Waals surface area contributed by atoms with Crippen molar-refractivity contribution in [2.45, 2.75) is 51.4 Å². The molecule has 1 saturated carbocycles. The predicted octanol–water partition coefficient (Wildman–Crippen LogP) is 7.37. The van der Waals surface area contributed by atoms with E-state index < -0.39 is 0 Å². The molecular weight excluding hydrogens is 374 g/mol. The average Bonchev–Trinajstić information content (AvgIpc) is 2.84. The minimum Gasteiger partial charge on any atom is -0.198 e. The van der Waals surface area contributed by atoms with E-state index in [0.717, 1.165) is 22.9 Å². The highest BCUT2D eigenvalue weighted by atomic mass is 14.9. The fourth-order valence-electron chi connectivity index (χ4n) is 6.04. The van der Waals surface area contributed by atoms with E-state index in [1.54, 1.807) is 11.1 Å². The van der Waals surface area contributed by atoms with Crippen molar-refractivity contribution in [1.29, 1.82) is 0 Å². The van der Waals surface area contributed by atoms with Crippen molar-refractivity contribution in [1.82, 2.24) is 0 Å². The van der Waals surface area contributed by atoms with Gasteiger partial charge in [-0.1, -0.05) is 42.5 Å². The van der Waals surface area contributed by atoms with Crippen LogP contribution in [0.15, 0.2) is 66.7 Å². The molecule has 0 spiro atoms. The van der Waals surface area contributed by atoms with Gasteiger partial charge in [-0.05, 0) is 95.8 Å².